The normalized spacial score (nSPS) is 11.0. The summed E-state index contributed by atoms with van der Waals surface area (Å²) in [6.07, 6.45) is 1.42. The predicted molar refractivity (Wildman–Crippen MR) is 82.6 cm³/mol. The van der Waals surface area contributed by atoms with Gasteiger partial charge in [0.2, 0.25) is 10.0 Å². The summed E-state index contributed by atoms with van der Waals surface area (Å²) in [5.41, 5.74) is 0.714. The minimum Gasteiger partial charge on any atom is -0.497 e. The van der Waals surface area contributed by atoms with Crippen LogP contribution in [0.1, 0.15) is 16.1 Å². The number of carbonyl (C=O) groups excluding carboxylic acids is 1. The number of carbonyl (C=O) groups is 1. The molecule has 0 aliphatic rings. The fourth-order valence-electron chi connectivity index (χ4n) is 1.83. The largest absolute Gasteiger partial charge is 0.497 e. The number of ether oxygens (including phenoxy) is 2. The van der Waals surface area contributed by atoms with Gasteiger partial charge in [-0.05, 0) is 36.4 Å². The highest BCUT2D eigenvalue weighted by atomic mass is 32.2. The summed E-state index contributed by atoms with van der Waals surface area (Å²) in [5.74, 6) is 0.0584. The van der Waals surface area contributed by atoms with Crippen LogP contribution in [-0.4, -0.2) is 33.6 Å². The van der Waals surface area contributed by atoms with Crippen LogP contribution >= 0.6 is 0 Å². The number of benzene rings is 1. The van der Waals surface area contributed by atoms with Crippen LogP contribution in [0.3, 0.4) is 0 Å². The van der Waals surface area contributed by atoms with Crippen molar-refractivity contribution in [3.8, 4) is 5.75 Å². The van der Waals surface area contributed by atoms with Crippen LogP contribution < -0.4 is 9.46 Å². The van der Waals surface area contributed by atoms with Crippen LogP contribution in [0.5, 0.6) is 5.75 Å². The van der Waals surface area contributed by atoms with Crippen molar-refractivity contribution in [3.05, 3.63) is 53.9 Å². The van der Waals surface area contributed by atoms with E-state index in [1.165, 1.54) is 44.7 Å². The third kappa shape index (κ3) is 4.27. The van der Waals surface area contributed by atoms with E-state index < -0.39 is 16.0 Å². The summed E-state index contributed by atoms with van der Waals surface area (Å²) < 4.78 is 36.4. The molecule has 0 spiro atoms. The second-order valence-corrected chi connectivity index (χ2v) is 6.29. The van der Waals surface area contributed by atoms with Gasteiger partial charge in [-0.15, -0.1) is 0 Å². The van der Waals surface area contributed by atoms with Crippen LogP contribution in [0.4, 0.5) is 0 Å². The Bertz CT molecular complexity index is 788. The van der Waals surface area contributed by atoms with Gasteiger partial charge in [0, 0.05) is 6.20 Å². The van der Waals surface area contributed by atoms with E-state index in [4.69, 9.17) is 4.74 Å². The molecule has 122 valence electrons. The number of rotatable bonds is 6. The number of methoxy groups -OCH3 is 2. The molecule has 23 heavy (non-hydrogen) atoms. The first-order valence-corrected chi connectivity index (χ1v) is 8.11. The molecule has 1 heterocycles. The highest BCUT2D eigenvalue weighted by Crippen LogP contribution is 2.15. The topological polar surface area (TPSA) is 94.6 Å². The third-order valence-electron chi connectivity index (χ3n) is 3.05. The van der Waals surface area contributed by atoms with Gasteiger partial charge in [-0.25, -0.2) is 17.9 Å². The van der Waals surface area contributed by atoms with Crippen molar-refractivity contribution in [2.75, 3.05) is 14.2 Å². The first kappa shape index (κ1) is 16.9. The van der Waals surface area contributed by atoms with E-state index in [-0.39, 0.29) is 11.4 Å². The second-order valence-electron chi connectivity index (χ2n) is 4.53. The molecular weight excluding hydrogens is 320 g/mol. The van der Waals surface area contributed by atoms with Crippen molar-refractivity contribution in [2.24, 2.45) is 0 Å². The molecule has 0 bridgehead atoms. The Balaban J connectivity index is 2.11. The SMILES string of the molecule is COC(=O)c1ccnc(CNS(=O)(=O)c2ccc(OC)cc2)c1. The monoisotopic (exact) mass is 336 g/mol. The van der Waals surface area contributed by atoms with Crippen molar-refractivity contribution in [1.29, 1.82) is 0 Å². The molecule has 0 fully saturated rings. The van der Waals surface area contributed by atoms with Crippen LogP contribution in [0.2, 0.25) is 0 Å². The fraction of sp³-hybridized carbons (Fsp3) is 0.200. The minimum atomic E-state index is -3.68. The zero-order valence-corrected chi connectivity index (χ0v) is 13.5. The molecule has 0 aliphatic carbocycles. The summed E-state index contributed by atoms with van der Waals surface area (Å²) in [6.45, 7) is -0.0425. The summed E-state index contributed by atoms with van der Waals surface area (Å²) >= 11 is 0. The van der Waals surface area contributed by atoms with Gasteiger partial charge in [0.05, 0.1) is 36.9 Å². The summed E-state index contributed by atoms with van der Waals surface area (Å²) in [5, 5.41) is 0. The van der Waals surface area contributed by atoms with E-state index in [2.05, 4.69) is 14.4 Å². The molecule has 1 aromatic heterocycles. The Hall–Kier alpha value is -2.45. The lowest BCUT2D eigenvalue weighted by Gasteiger charge is -2.08. The van der Waals surface area contributed by atoms with Gasteiger partial charge in [0.25, 0.3) is 0 Å². The molecule has 8 heteroatoms. The van der Waals surface area contributed by atoms with Gasteiger partial charge in [0.1, 0.15) is 5.75 Å². The average molecular weight is 336 g/mol. The summed E-state index contributed by atoms with van der Waals surface area (Å²) in [7, 11) is -0.909. The number of hydrogen-bond donors (Lipinski definition) is 1. The van der Waals surface area contributed by atoms with Gasteiger partial charge >= 0.3 is 5.97 Å². The molecular formula is C15H16N2O5S. The smallest absolute Gasteiger partial charge is 0.337 e. The highest BCUT2D eigenvalue weighted by molar-refractivity contribution is 7.89. The van der Waals surface area contributed by atoms with E-state index in [9.17, 15) is 13.2 Å². The first-order chi connectivity index (χ1) is 11.0. The van der Waals surface area contributed by atoms with E-state index in [1.807, 2.05) is 0 Å². The molecule has 1 aromatic carbocycles. The maximum atomic E-state index is 12.2. The molecule has 0 amide bonds. The average Bonchev–Trinajstić information content (AvgIpc) is 2.59. The molecule has 2 rings (SSSR count). The van der Waals surface area contributed by atoms with E-state index in [0.29, 0.717) is 17.0 Å². The van der Waals surface area contributed by atoms with Crippen molar-refractivity contribution in [3.63, 3.8) is 0 Å². The lowest BCUT2D eigenvalue weighted by molar-refractivity contribution is 0.0600. The molecule has 0 saturated carbocycles. The number of nitrogens with one attached hydrogen (secondary N) is 1. The molecule has 0 aliphatic heterocycles. The third-order valence-corrected chi connectivity index (χ3v) is 4.47. The Labute approximate surface area is 134 Å². The summed E-state index contributed by atoms with van der Waals surface area (Å²) in [4.78, 5) is 15.6. The first-order valence-electron chi connectivity index (χ1n) is 6.63. The molecule has 1 N–H and O–H groups in total. The van der Waals surface area contributed by atoms with Crippen LogP contribution in [0, 0.1) is 0 Å². The Kier molecular flexibility index (Phi) is 5.30. The number of sulfonamides is 1. The second kappa shape index (κ2) is 7.21. The number of nitrogens with zero attached hydrogens (tertiary/aromatic N) is 1. The standard InChI is InChI=1S/C15H16N2O5S/c1-21-13-3-5-14(6-4-13)23(19,20)17-10-12-9-11(7-8-16-12)15(18)22-2/h3-9,17H,10H2,1-2H3. The van der Waals surface area contributed by atoms with Crippen molar-refractivity contribution >= 4 is 16.0 Å². The molecule has 0 saturated heterocycles. The van der Waals surface area contributed by atoms with Crippen LogP contribution in [-0.2, 0) is 21.3 Å². The molecule has 7 nitrogen and oxygen atoms in total. The van der Waals surface area contributed by atoms with Crippen molar-refractivity contribution in [2.45, 2.75) is 11.4 Å². The van der Waals surface area contributed by atoms with Gasteiger partial charge in [0.15, 0.2) is 0 Å². The van der Waals surface area contributed by atoms with Crippen LogP contribution in [0.25, 0.3) is 0 Å². The predicted octanol–water partition coefficient (Wildman–Crippen LogP) is 1.36. The molecule has 0 atom stereocenters. The van der Waals surface area contributed by atoms with Gasteiger partial charge in [-0.3, -0.25) is 4.98 Å². The Morgan fingerprint density at radius 3 is 2.48 bits per heavy atom. The number of hydrogen-bond acceptors (Lipinski definition) is 6. The zero-order valence-electron chi connectivity index (χ0n) is 12.6. The van der Waals surface area contributed by atoms with Gasteiger partial charge < -0.3 is 9.47 Å². The number of aromatic nitrogens is 1. The maximum absolute atomic E-state index is 12.2. The van der Waals surface area contributed by atoms with Crippen LogP contribution in [0.15, 0.2) is 47.5 Å². The van der Waals surface area contributed by atoms with E-state index in [1.54, 1.807) is 12.1 Å². The van der Waals surface area contributed by atoms with Gasteiger partial charge in [-0.2, -0.15) is 0 Å². The lowest BCUT2D eigenvalue weighted by Crippen LogP contribution is -2.23. The Morgan fingerprint density at radius 2 is 1.87 bits per heavy atom. The van der Waals surface area contributed by atoms with E-state index in [0.717, 1.165) is 0 Å². The number of pyridine rings is 1. The fourth-order valence-corrected chi connectivity index (χ4v) is 2.83. The zero-order chi connectivity index (χ0) is 16.9. The quantitative estimate of drug-likeness (QED) is 0.800. The maximum Gasteiger partial charge on any atom is 0.337 e. The van der Waals surface area contributed by atoms with E-state index >= 15 is 0 Å². The van der Waals surface area contributed by atoms with Crippen molar-refractivity contribution in [1.82, 2.24) is 9.71 Å². The highest BCUT2D eigenvalue weighted by Gasteiger charge is 2.14. The number of esters is 1. The van der Waals surface area contributed by atoms with Gasteiger partial charge in [-0.1, -0.05) is 0 Å². The Morgan fingerprint density at radius 1 is 1.17 bits per heavy atom. The molecule has 0 unspecified atom stereocenters. The molecule has 0 radical (unpaired) electrons. The van der Waals surface area contributed by atoms with Crippen molar-refractivity contribution < 1.29 is 22.7 Å². The minimum absolute atomic E-state index is 0.0425. The summed E-state index contributed by atoms with van der Waals surface area (Å²) in [6, 6.07) is 8.98. The lowest BCUT2D eigenvalue weighted by atomic mass is 10.2. The molecule has 2 aromatic rings.